The van der Waals surface area contributed by atoms with E-state index in [2.05, 4.69) is 23.7 Å². The van der Waals surface area contributed by atoms with Crippen LogP contribution in [-0.2, 0) is 0 Å². The molecular weight excluding hydrogens is 148 g/mol. The number of aliphatic imine (C=N–C) groups is 1. The molecule has 0 aromatic rings. The van der Waals surface area contributed by atoms with Crippen LogP contribution in [0.2, 0.25) is 0 Å². The quantitative estimate of drug-likeness (QED) is 0.615. The average molecular weight is 168 g/mol. The topological polar surface area (TPSA) is 15.6 Å². The van der Waals surface area contributed by atoms with Gasteiger partial charge < -0.3 is 4.90 Å². The normalized spacial score (nSPS) is 22.2. The highest BCUT2D eigenvalue weighted by atomic mass is 15.2. The minimum Gasteiger partial charge on any atom is -0.358 e. The molecule has 0 N–H and O–H groups in total. The first-order chi connectivity index (χ1) is 5.88. The molecule has 0 fully saturated rings. The summed E-state index contributed by atoms with van der Waals surface area (Å²) >= 11 is 0. The van der Waals surface area contributed by atoms with E-state index in [0.717, 1.165) is 6.54 Å². The Kier molecular flexibility index (Phi) is 4.12. The van der Waals surface area contributed by atoms with E-state index < -0.39 is 0 Å². The summed E-state index contributed by atoms with van der Waals surface area (Å²) < 4.78 is 0. The molecule has 1 unspecified atom stereocenters. The predicted molar refractivity (Wildman–Crippen MR) is 53.7 cm³/mol. The van der Waals surface area contributed by atoms with Gasteiger partial charge in [0.1, 0.15) is 0 Å². The molecule has 12 heavy (non-hydrogen) atoms. The van der Waals surface area contributed by atoms with Crippen molar-refractivity contribution < 1.29 is 0 Å². The van der Waals surface area contributed by atoms with E-state index >= 15 is 0 Å². The van der Waals surface area contributed by atoms with Crippen LogP contribution in [0.1, 0.15) is 39.5 Å². The Morgan fingerprint density at radius 2 is 2.25 bits per heavy atom. The van der Waals surface area contributed by atoms with Crippen LogP contribution in [0, 0.1) is 0 Å². The molecule has 70 valence electrons. The standard InChI is InChI=1S/C10H20N2/c1-3-5-6-10-8-11-9-12(10)7-4-2/h9-10H,3-8H2,1-2H3. The summed E-state index contributed by atoms with van der Waals surface area (Å²) in [6.07, 6.45) is 7.22. The van der Waals surface area contributed by atoms with Crippen LogP contribution in [0.15, 0.2) is 4.99 Å². The molecule has 1 heterocycles. The summed E-state index contributed by atoms with van der Waals surface area (Å²) in [5.74, 6) is 0. The maximum Gasteiger partial charge on any atom is 0.0853 e. The third kappa shape index (κ3) is 2.50. The van der Waals surface area contributed by atoms with Gasteiger partial charge in [0.05, 0.1) is 12.9 Å². The Hall–Kier alpha value is -0.530. The molecule has 1 aliphatic rings. The zero-order chi connectivity index (χ0) is 8.81. The number of hydrogen-bond donors (Lipinski definition) is 0. The van der Waals surface area contributed by atoms with E-state index in [9.17, 15) is 0 Å². The molecule has 0 aromatic carbocycles. The van der Waals surface area contributed by atoms with Gasteiger partial charge in [0.25, 0.3) is 0 Å². The Morgan fingerprint density at radius 1 is 1.42 bits per heavy atom. The van der Waals surface area contributed by atoms with Gasteiger partial charge >= 0.3 is 0 Å². The summed E-state index contributed by atoms with van der Waals surface area (Å²) in [4.78, 5) is 6.72. The van der Waals surface area contributed by atoms with E-state index in [0.29, 0.717) is 6.04 Å². The molecule has 0 spiro atoms. The first-order valence-electron chi connectivity index (χ1n) is 5.14. The van der Waals surface area contributed by atoms with Crippen LogP contribution in [0.3, 0.4) is 0 Å². The van der Waals surface area contributed by atoms with Crippen LogP contribution in [0.4, 0.5) is 0 Å². The summed E-state index contributed by atoms with van der Waals surface area (Å²) in [5, 5.41) is 0. The first-order valence-corrected chi connectivity index (χ1v) is 5.14. The average Bonchev–Trinajstić information content (AvgIpc) is 2.50. The minimum atomic E-state index is 0.713. The monoisotopic (exact) mass is 168 g/mol. The molecular formula is C10H20N2. The molecule has 2 nitrogen and oxygen atoms in total. The fraction of sp³-hybridized carbons (Fsp3) is 0.900. The molecule has 1 aliphatic heterocycles. The second-order valence-corrected chi connectivity index (χ2v) is 3.51. The largest absolute Gasteiger partial charge is 0.358 e. The van der Waals surface area contributed by atoms with Gasteiger partial charge in [0.2, 0.25) is 0 Å². The Balaban J connectivity index is 2.24. The Labute approximate surface area is 75.7 Å². The molecule has 0 saturated carbocycles. The lowest BCUT2D eigenvalue weighted by Crippen LogP contribution is -2.32. The fourth-order valence-electron chi connectivity index (χ4n) is 1.67. The molecule has 2 heteroatoms. The van der Waals surface area contributed by atoms with Crippen molar-refractivity contribution in [2.45, 2.75) is 45.6 Å². The van der Waals surface area contributed by atoms with Gasteiger partial charge in [-0.15, -0.1) is 0 Å². The maximum absolute atomic E-state index is 4.32. The fourth-order valence-corrected chi connectivity index (χ4v) is 1.67. The number of nitrogens with zero attached hydrogens (tertiary/aromatic N) is 2. The van der Waals surface area contributed by atoms with Crippen molar-refractivity contribution in [2.75, 3.05) is 13.1 Å². The van der Waals surface area contributed by atoms with Crippen molar-refractivity contribution in [3.8, 4) is 0 Å². The highest BCUT2D eigenvalue weighted by Gasteiger charge is 2.17. The summed E-state index contributed by atoms with van der Waals surface area (Å²) in [6.45, 7) is 6.68. The zero-order valence-electron chi connectivity index (χ0n) is 8.29. The van der Waals surface area contributed by atoms with Gasteiger partial charge in [0.15, 0.2) is 0 Å². The minimum absolute atomic E-state index is 0.713. The Morgan fingerprint density at radius 3 is 2.92 bits per heavy atom. The van der Waals surface area contributed by atoms with Crippen molar-refractivity contribution >= 4 is 6.34 Å². The molecule has 0 saturated heterocycles. The molecule has 1 atom stereocenters. The molecule has 0 bridgehead atoms. The van der Waals surface area contributed by atoms with Crippen molar-refractivity contribution in [2.24, 2.45) is 4.99 Å². The van der Waals surface area contributed by atoms with Gasteiger partial charge in [-0.1, -0.05) is 26.7 Å². The smallest absolute Gasteiger partial charge is 0.0853 e. The van der Waals surface area contributed by atoms with Crippen LogP contribution < -0.4 is 0 Å². The number of unbranched alkanes of at least 4 members (excludes halogenated alkanes) is 1. The van der Waals surface area contributed by atoms with Crippen molar-refractivity contribution in [3.05, 3.63) is 0 Å². The van der Waals surface area contributed by atoms with E-state index in [1.54, 1.807) is 0 Å². The zero-order valence-corrected chi connectivity index (χ0v) is 8.29. The summed E-state index contributed by atoms with van der Waals surface area (Å²) in [6, 6.07) is 0.713. The van der Waals surface area contributed by atoms with Crippen LogP contribution in [-0.4, -0.2) is 30.4 Å². The number of hydrogen-bond acceptors (Lipinski definition) is 2. The van der Waals surface area contributed by atoms with Gasteiger partial charge in [-0.05, 0) is 12.8 Å². The predicted octanol–water partition coefficient (Wildman–Crippen LogP) is 2.30. The van der Waals surface area contributed by atoms with E-state index in [4.69, 9.17) is 0 Å². The molecule has 0 aliphatic carbocycles. The van der Waals surface area contributed by atoms with Crippen LogP contribution in [0.25, 0.3) is 0 Å². The second kappa shape index (κ2) is 5.18. The first kappa shape index (κ1) is 9.56. The van der Waals surface area contributed by atoms with E-state index in [1.165, 1.54) is 32.2 Å². The highest BCUT2D eigenvalue weighted by Crippen LogP contribution is 2.12. The third-order valence-corrected chi connectivity index (χ3v) is 2.39. The third-order valence-electron chi connectivity index (χ3n) is 2.39. The van der Waals surface area contributed by atoms with Gasteiger partial charge in [-0.25, -0.2) is 0 Å². The summed E-state index contributed by atoms with van der Waals surface area (Å²) in [5.41, 5.74) is 0. The lowest BCUT2D eigenvalue weighted by Gasteiger charge is -2.23. The van der Waals surface area contributed by atoms with Crippen LogP contribution in [0.5, 0.6) is 0 Å². The highest BCUT2D eigenvalue weighted by molar-refractivity contribution is 5.57. The second-order valence-electron chi connectivity index (χ2n) is 3.51. The lowest BCUT2D eigenvalue weighted by atomic mass is 10.1. The Bertz CT molecular complexity index is 143. The molecule has 0 aromatic heterocycles. The van der Waals surface area contributed by atoms with Crippen molar-refractivity contribution in [1.29, 1.82) is 0 Å². The van der Waals surface area contributed by atoms with Crippen LogP contribution >= 0.6 is 0 Å². The molecule has 0 radical (unpaired) electrons. The van der Waals surface area contributed by atoms with Gasteiger partial charge in [-0.3, -0.25) is 4.99 Å². The van der Waals surface area contributed by atoms with Gasteiger partial charge in [0, 0.05) is 12.6 Å². The lowest BCUT2D eigenvalue weighted by molar-refractivity contribution is 0.327. The van der Waals surface area contributed by atoms with Gasteiger partial charge in [-0.2, -0.15) is 0 Å². The van der Waals surface area contributed by atoms with Crippen molar-refractivity contribution in [1.82, 2.24) is 4.90 Å². The maximum atomic E-state index is 4.32. The van der Waals surface area contributed by atoms with E-state index in [1.807, 2.05) is 6.34 Å². The number of rotatable bonds is 5. The van der Waals surface area contributed by atoms with Crippen molar-refractivity contribution in [3.63, 3.8) is 0 Å². The summed E-state index contributed by atoms with van der Waals surface area (Å²) in [7, 11) is 0. The molecule has 1 rings (SSSR count). The van der Waals surface area contributed by atoms with E-state index in [-0.39, 0.29) is 0 Å². The SMILES string of the molecule is CCCCC1CN=CN1CCC. The molecule has 0 amide bonds.